The number of fused-ring (bicyclic) bond motifs is 2. The summed E-state index contributed by atoms with van der Waals surface area (Å²) in [5, 5.41) is 20.6. The maximum absolute atomic E-state index is 15.4. The van der Waals surface area contributed by atoms with Crippen molar-refractivity contribution in [3.05, 3.63) is 156 Å². The van der Waals surface area contributed by atoms with Gasteiger partial charge in [0.1, 0.15) is 5.75 Å². The Bertz CT molecular complexity index is 2340. The van der Waals surface area contributed by atoms with Gasteiger partial charge in [-0.25, -0.2) is 0 Å². The highest BCUT2D eigenvalue weighted by molar-refractivity contribution is 6.91. The molecule has 0 aliphatic carbocycles. The summed E-state index contributed by atoms with van der Waals surface area (Å²) in [6, 6.07) is 43.1. The van der Waals surface area contributed by atoms with Crippen molar-refractivity contribution in [2.45, 2.75) is 56.1 Å². The summed E-state index contributed by atoms with van der Waals surface area (Å²) < 4.78 is 14.8. The average Bonchev–Trinajstić information content (AvgIpc) is 3.91. The summed E-state index contributed by atoms with van der Waals surface area (Å²) in [6.45, 7) is 7.29. The van der Waals surface area contributed by atoms with E-state index in [9.17, 15) is 9.90 Å². The molecule has 2 aliphatic heterocycles. The van der Waals surface area contributed by atoms with Crippen LogP contribution in [0.15, 0.2) is 140 Å². The lowest BCUT2D eigenvalue weighted by Crippen LogP contribution is -2.51. The zero-order chi connectivity index (χ0) is 39.7. The first-order valence-electron chi connectivity index (χ1n) is 19.4. The van der Waals surface area contributed by atoms with E-state index in [1.165, 1.54) is 5.19 Å². The lowest BCUT2D eigenvalue weighted by atomic mass is 9.82. The second-order valence-electron chi connectivity index (χ2n) is 15.5. The van der Waals surface area contributed by atoms with E-state index in [-0.39, 0.29) is 36.0 Å². The zero-order valence-corrected chi connectivity index (χ0v) is 33.6. The highest BCUT2D eigenvalue weighted by Gasteiger charge is 2.66. The van der Waals surface area contributed by atoms with Crippen LogP contribution in [0.1, 0.15) is 36.1 Å². The van der Waals surface area contributed by atoms with Gasteiger partial charge in [0.15, 0.2) is 5.60 Å². The second-order valence-corrected chi connectivity index (χ2v) is 20.2. The molecule has 10 nitrogen and oxygen atoms in total. The molecule has 8 rings (SSSR count). The molecule has 3 heterocycles. The van der Waals surface area contributed by atoms with Gasteiger partial charge in [0.05, 0.1) is 45.2 Å². The number of aliphatic hydroxyl groups excluding tert-OH is 1. The van der Waals surface area contributed by atoms with Gasteiger partial charge in [-0.3, -0.25) is 24.1 Å². The standard InChI is InChI=1S/C46H47N5O5Si/c1-32-44(57(3,4)38-23-21-37(55-2)22-24-38)43(26-27-49-29-41(47-48-49)39(30-52)33-14-8-5-9-15-33)56-46(32)40-28-36(50(31-53)34-16-10-6-11-17-34)20-25-42(40)51(45(46)54)35-18-12-7-13-19-35/h5-25,28-29,31-32,39,43-44,52H,26-27,30H2,1-4H3/t32-,39?,43+,44-,46+/m0/s1. The van der Waals surface area contributed by atoms with Crippen LogP contribution in [0, 0.1) is 5.92 Å². The van der Waals surface area contributed by atoms with Crippen LogP contribution in [-0.4, -0.2) is 60.3 Å². The predicted octanol–water partition coefficient (Wildman–Crippen LogP) is 7.69. The van der Waals surface area contributed by atoms with Crippen LogP contribution >= 0.6 is 0 Å². The quantitative estimate of drug-likeness (QED) is 0.0947. The zero-order valence-electron chi connectivity index (χ0n) is 32.6. The van der Waals surface area contributed by atoms with Gasteiger partial charge in [-0.15, -0.1) is 5.10 Å². The minimum atomic E-state index is -2.45. The fraction of sp³-hybridized carbons (Fsp3) is 0.261. The number of aliphatic hydroxyl groups is 1. The number of hydrogen-bond donors (Lipinski definition) is 1. The van der Waals surface area contributed by atoms with Crippen molar-refractivity contribution >= 4 is 48.3 Å². The number of carbonyl (C=O) groups excluding carboxylic acids is 2. The fourth-order valence-electron chi connectivity index (χ4n) is 9.24. The van der Waals surface area contributed by atoms with Crippen LogP contribution in [0.5, 0.6) is 5.75 Å². The van der Waals surface area contributed by atoms with E-state index in [1.807, 2.05) is 132 Å². The Balaban J connectivity index is 1.22. The van der Waals surface area contributed by atoms with E-state index < -0.39 is 13.7 Å². The van der Waals surface area contributed by atoms with E-state index in [1.54, 1.807) is 16.9 Å². The number of aromatic nitrogens is 3. The normalized spacial score (nSPS) is 20.8. The number of para-hydroxylation sites is 2. The molecule has 6 aromatic rings. The van der Waals surface area contributed by atoms with Gasteiger partial charge in [0.2, 0.25) is 6.41 Å². The largest absolute Gasteiger partial charge is 0.497 e. The second kappa shape index (κ2) is 15.6. The van der Waals surface area contributed by atoms with Gasteiger partial charge >= 0.3 is 0 Å². The Hall–Kier alpha value is -5.88. The third-order valence-corrected chi connectivity index (χ3v) is 16.5. The number of hydrogen-bond acceptors (Lipinski definition) is 7. The molecule has 2 amide bonds. The molecule has 1 fully saturated rings. The van der Waals surface area contributed by atoms with Gasteiger partial charge < -0.3 is 14.6 Å². The summed E-state index contributed by atoms with van der Waals surface area (Å²) in [5.41, 5.74) is 3.89. The fourth-order valence-corrected chi connectivity index (χ4v) is 13.3. The Morgan fingerprint density at radius 2 is 1.58 bits per heavy atom. The van der Waals surface area contributed by atoms with E-state index >= 15 is 4.79 Å². The Labute approximate surface area is 334 Å². The molecule has 1 N–H and O–H groups in total. The SMILES string of the molecule is COc1ccc([Si](C)(C)[C@@H]2[C@@H](CCn3cc(C(CO)c4ccccc4)nn3)O[C@]3(C(=O)N(c4ccccc4)c4ccc(N(C=O)c5ccccc5)cc43)[C@H]2C)cc1. The third kappa shape index (κ3) is 6.65. The van der Waals surface area contributed by atoms with Crippen molar-refractivity contribution in [1.29, 1.82) is 0 Å². The van der Waals surface area contributed by atoms with Crippen molar-refractivity contribution in [2.75, 3.05) is 23.5 Å². The van der Waals surface area contributed by atoms with E-state index in [4.69, 9.17) is 9.47 Å². The Morgan fingerprint density at radius 3 is 2.23 bits per heavy atom. The number of benzene rings is 5. The number of aryl methyl sites for hydroxylation is 1. The summed E-state index contributed by atoms with van der Waals surface area (Å²) >= 11 is 0. The minimum Gasteiger partial charge on any atom is -0.497 e. The third-order valence-electron chi connectivity index (χ3n) is 12.1. The number of anilines is 4. The molecule has 0 radical (unpaired) electrons. The van der Waals surface area contributed by atoms with Crippen molar-refractivity contribution in [1.82, 2.24) is 15.0 Å². The molecule has 5 aromatic carbocycles. The lowest BCUT2D eigenvalue weighted by Gasteiger charge is -2.37. The lowest BCUT2D eigenvalue weighted by molar-refractivity contribution is -0.145. The van der Waals surface area contributed by atoms with Crippen molar-refractivity contribution in [3.63, 3.8) is 0 Å². The molecule has 2 aliphatic rings. The molecule has 290 valence electrons. The number of rotatable bonds is 13. The molecule has 0 saturated carbocycles. The molecule has 0 bridgehead atoms. The number of nitrogens with zero attached hydrogens (tertiary/aromatic N) is 5. The van der Waals surface area contributed by atoms with Crippen LogP contribution < -0.4 is 19.7 Å². The Morgan fingerprint density at radius 1 is 0.912 bits per heavy atom. The molecule has 11 heteroatoms. The van der Waals surface area contributed by atoms with E-state index in [2.05, 4.69) is 42.5 Å². The van der Waals surface area contributed by atoms with Crippen molar-refractivity contribution in [2.24, 2.45) is 5.92 Å². The number of ether oxygens (including phenoxy) is 2. The minimum absolute atomic E-state index is 0.0177. The summed E-state index contributed by atoms with van der Waals surface area (Å²) in [4.78, 5) is 31.6. The smallest absolute Gasteiger partial charge is 0.268 e. The molecule has 5 atom stereocenters. The molecular formula is C46H47N5O5Si. The van der Waals surface area contributed by atoms with Crippen LogP contribution in [0.2, 0.25) is 18.6 Å². The Kier molecular flexibility index (Phi) is 10.4. The van der Waals surface area contributed by atoms with Crippen LogP contribution in [-0.2, 0) is 26.5 Å². The first-order valence-corrected chi connectivity index (χ1v) is 22.5. The highest BCUT2D eigenvalue weighted by Crippen LogP contribution is 2.61. The molecule has 1 spiro atoms. The maximum atomic E-state index is 15.4. The number of carbonyl (C=O) groups is 2. The van der Waals surface area contributed by atoms with Gasteiger partial charge in [-0.05, 0) is 72.1 Å². The number of amides is 2. The molecule has 57 heavy (non-hydrogen) atoms. The predicted molar refractivity (Wildman–Crippen MR) is 224 cm³/mol. The molecular weight excluding hydrogens is 731 g/mol. The average molecular weight is 778 g/mol. The maximum Gasteiger partial charge on any atom is 0.268 e. The summed E-state index contributed by atoms with van der Waals surface area (Å²) in [7, 11) is -0.777. The molecule has 1 saturated heterocycles. The first kappa shape index (κ1) is 38.0. The van der Waals surface area contributed by atoms with Crippen LogP contribution in [0.25, 0.3) is 0 Å². The van der Waals surface area contributed by atoms with Gasteiger partial charge in [0, 0.05) is 41.3 Å². The monoisotopic (exact) mass is 777 g/mol. The van der Waals surface area contributed by atoms with E-state index in [0.29, 0.717) is 24.3 Å². The topological polar surface area (TPSA) is 110 Å². The van der Waals surface area contributed by atoms with E-state index in [0.717, 1.165) is 40.3 Å². The molecule has 1 aromatic heterocycles. The van der Waals surface area contributed by atoms with Crippen molar-refractivity contribution < 1.29 is 24.2 Å². The van der Waals surface area contributed by atoms with Gasteiger partial charge in [0.25, 0.3) is 5.91 Å². The van der Waals surface area contributed by atoms with Crippen LogP contribution in [0.3, 0.4) is 0 Å². The van der Waals surface area contributed by atoms with Gasteiger partial charge in [-0.1, -0.05) is 109 Å². The first-order chi connectivity index (χ1) is 27.7. The summed E-state index contributed by atoms with van der Waals surface area (Å²) in [5.74, 6) is 0.0863. The van der Waals surface area contributed by atoms with Gasteiger partial charge in [-0.2, -0.15) is 0 Å². The summed E-state index contributed by atoms with van der Waals surface area (Å²) in [6.07, 6.45) is 2.94. The van der Waals surface area contributed by atoms with Crippen LogP contribution in [0.4, 0.5) is 22.7 Å². The molecule has 1 unspecified atom stereocenters. The highest BCUT2D eigenvalue weighted by atomic mass is 28.3. The van der Waals surface area contributed by atoms with Crippen molar-refractivity contribution in [3.8, 4) is 5.75 Å². The number of methoxy groups -OCH3 is 1.